The summed E-state index contributed by atoms with van der Waals surface area (Å²) < 4.78 is 33.1. The number of carbonyl (C=O) groups is 1. The molecule has 0 saturated carbocycles. The Bertz CT molecular complexity index is 867. The van der Waals surface area contributed by atoms with Gasteiger partial charge in [0, 0.05) is 33.1 Å². The van der Waals surface area contributed by atoms with Gasteiger partial charge >= 0.3 is 0 Å². The Labute approximate surface area is 181 Å². The van der Waals surface area contributed by atoms with Gasteiger partial charge in [0.05, 0.1) is 23.8 Å². The Balaban J connectivity index is 1.61. The zero-order valence-corrected chi connectivity index (χ0v) is 19.7. The van der Waals surface area contributed by atoms with E-state index in [4.69, 9.17) is 4.74 Å². The predicted molar refractivity (Wildman–Crippen MR) is 116 cm³/mol. The lowest BCUT2D eigenvalue weighted by Crippen LogP contribution is -2.41. The monoisotopic (exact) mass is 510 g/mol. The number of thiazole rings is 1. The number of amides is 1. The first kappa shape index (κ1) is 22.2. The SMILES string of the molecule is CC(=O)Nc1nc(C)c(C2(Br)CC=C(S(=O)(=O)NCCN3CCOCC3)S2)s1. The lowest BCUT2D eigenvalue weighted by Gasteiger charge is -2.26. The summed E-state index contributed by atoms with van der Waals surface area (Å²) >= 11 is 6.31. The van der Waals surface area contributed by atoms with Gasteiger partial charge in [-0.05, 0) is 13.3 Å². The third-order valence-electron chi connectivity index (χ3n) is 4.30. The van der Waals surface area contributed by atoms with E-state index in [1.165, 1.54) is 30.0 Å². The average Bonchev–Trinajstić information content (AvgIpc) is 3.20. The summed E-state index contributed by atoms with van der Waals surface area (Å²) in [5, 5.41) is 3.20. The lowest BCUT2D eigenvalue weighted by molar-refractivity contribution is -0.114. The van der Waals surface area contributed by atoms with E-state index < -0.39 is 13.7 Å². The van der Waals surface area contributed by atoms with E-state index in [0.29, 0.717) is 42.1 Å². The molecule has 0 radical (unpaired) electrons. The molecule has 1 atom stereocenters. The molecule has 1 aromatic heterocycles. The number of hydrogen-bond donors (Lipinski definition) is 2. The molecule has 1 saturated heterocycles. The molecule has 2 N–H and O–H groups in total. The van der Waals surface area contributed by atoms with Gasteiger partial charge in [0.15, 0.2) is 5.13 Å². The quantitative estimate of drug-likeness (QED) is 0.542. The minimum Gasteiger partial charge on any atom is -0.379 e. The molecule has 0 bridgehead atoms. The molecule has 1 amide bonds. The maximum absolute atomic E-state index is 12.7. The summed E-state index contributed by atoms with van der Waals surface area (Å²) in [5.74, 6) is -0.186. The van der Waals surface area contributed by atoms with E-state index in [-0.39, 0.29) is 5.91 Å². The fourth-order valence-corrected chi connectivity index (χ4v) is 8.47. The van der Waals surface area contributed by atoms with Gasteiger partial charge < -0.3 is 10.1 Å². The number of ether oxygens (including phenoxy) is 1. The first-order chi connectivity index (χ1) is 13.2. The van der Waals surface area contributed by atoms with Crippen molar-refractivity contribution in [1.82, 2.24) is 14.6 Å². The van der Waals surface area contributed by atoms with E-state index in [1.54, 1.807) is 6.08 Å². The molecule has 3 rings (SSSR count). The van der Waals surface area contributed by atoms with Crippen LogP contribution in [0, 0.1) is 6.92 Å². The van der Waals surface area contributed by atoms with Crippen LogP contribution in [0.3, 0.4) is 0 Å². The van der Waals surface area contributed by atoms with Crippen molar-refractivity contribution in [2.45, 2.75) is 23.9 Å². The van der Waals surface area contributed by atoms with Crippen LogP contribution in [0.15, 0.2) is 10.3 Å². The third-order valence-corrected chi connectivity index (χ3v) is 10.4. The summed E-state index contributed by atoms with van der Waals surface area (Å²) in [6.45, 7) is 7.34. The fourth-order valence-electron chi connectivity index (χ4n) is 2.94. The van der Waals surface area contributed by atoms with Crippen LogP contribution < -0.4 is 10.0 Å². The topological polar surface area (TPSA) is 101 Å². The number of rotatable bonds is 7. The summed E-state index contributed by atoms with van der Waals surface area (Å²) in [4.78, 5) is 18.7. The fraction of sp³-hybridized carbons (Fsp3) is 0.625. The van der Waals surface area contributed by atoms with Crippen LogP contribution in [-0.4, -0.2) is 63.6 Å². The van der Waals surface area contributed by atoms with Crippen molar-refractivity contribution in [2.24, 2.45) is 0 Å². The van der Waals surface area contributed by atoms with Crippen molar-refractivity contribution in [3.63, 3.8) is 0 Å². The standard InChI is InChI=1S/C16H23BrN4O4S3/c1-11-14(26-15(19-11)20-12(2)22)16(17)4-3-13(27-16)28(23,24)18-5-6-21-7-9-25-10-8-21/h3,18H,4-10H2,1-2H3,(H,19,20,22). The second kappa shape index (κ2) is 9.11. The summed E-state index contributed by atoms with van der Waals surface area (Å²) in [5.41, 5.74) is 0.769. The molecule has 1 fully saturated rings. The molecule has 156 valence electrons. The Morgan fingerprint density at radius 1 is 1.43 bits per heavy atom. The number of thioether (sulfide) groups is 1. The normalized spacial score (nSPS) is 23.6. The molecule has 2 aliphatic heterocycles. The molecule has 3 heterocycles. The van der Waals surface area contributed by atoms with E-state index >= 15 is 0 Å². The van der Waals surface area contributed by atoms with Crippen LogP contribution in [0.4, 0.5) is 5.13 Å². The highest BCUT2D eigenvalue weighted by molar-refractivity contribution is 9.11. The van der Waals surface area contributed by atoms with Gasteiger partial charge in [-0.2, -0.15) is 0 Å². The van der Waals surface area contributed by atoms with E-state index in [0.717, 1.165) is 23.7 Å². The number of sulfonamides is 1. The van der Waals surface area contributed by atoms with Crippen LogP contribution in [0.5, 0.6) is 0 Å². The number of alkyl halides is 1. The first-order valence-electron chi connectivity index (χ1n) is 8.83. The Morgan fingerprint density at radius 3 is 2.82 bits per heavy atom. The lowest BCUT2D eigenvalue weighted by atomic mass is 10.2. The third kappa shape index (κ3) is 5.35. The number of carbonyl (C=O) groups excluding carboxylic acids is 1. The van der Waals surface area contributed by atoms with Crippen molar-refractivity contribution in [2.75, 3.05) is 44.7 Å². The number of morpholine rings is 1. The highest BCUT2D eigenvalue weighted by Crippen LogP contribution is 2.57. The van der Waals surface area contributed by atoms with Crippen LogP contribution >= 0.6 is 39.0 Å². The van der Waals surface area contributed by atoms with Gasteiger partial charge in [0.1, 0.15) is 7.89 Å². The summed E-state index contributed by atoms with van der Waals surface area (Å²) in [7, 11) is -3.56. The molecule has 2 aliphatic rings. The Hall–Kier alpha value is -0.500. The van der Waals surface area contributed by atoms with Crippen molar-refractivity contribution in [3.8, 4) is 0 Å². The smallest absolute Gasteiger partial charge is 0.246 e. The Morgan fingerprint density at radius 2 is 2.14 bits per heavy atom. The predicted octanol–water partition coefficient (Wildman–Crippen LogP) is 2.19. The molecule has 0 aliphatic carbocycles. The molecule has 12 heteroatoms. The maximum Gasteiger partial charge on any atom is 0.246 e. The number of aryl methyl sites for hydroxylation is 1. The second-order valence-corrected chi connectivity index (χ2v) is 12.7. The van der Waals surface area contributed by atoms with Gasteiger partial charge in [-0.15, -0.1) is 0 Å². The van der Waals surface area contributed by atoms with Crippen LogP contribution in [0.1, 0.15) is 23.9 Å². The first-order valence-corrected chi connectivity index (χ1v) is 12.7. The number of anilines is 1. The van der Waals surface area contributed by atoms with Crippen LogP contribution in [0.25, 0.3) is 0 Å². The van der Waals surface area contributed by atoms with Crippen molar-refractivity contribution in [3.05, 3.63) is 20.9 Å². The molecule has 28 heavy (non-hydrogen) atoms. The molecule has 1 unspecified atom stereocenters. The van der Waals surface area contributed by atoms with E-state index in [9.17, 15) is 13.2 Å². The maximum atomic E-state index is 12.7. The molecule has 8 nitrogen and oxygen atoms in total. The zero-order valence-electron chi connectivity index (χ0n) is 15.7. The average molecular weight is 511 g/mol. The van der Waals surface area contributed by atoms with Crippen molar-refractivity contribution < 1.29 is 17.9 Å². The number of allylic oxidation sites excluding steroid dienone is 1. The minimum absolute atomic E-state index is 0.186. The summed E-state index contributed by atoms with van der Waals surface area (Å²) in [6.07, 6.45) is 2.24. The van der Waals surface area contributed by atoms with Gasteiger partial charge in [-0.1, -0.05) is 45.1 Å². The highest BCUT2D eigenvalue weighted by Gasteiger charge is 2.42. The number of halogens is 1. The van der Waals surface area contributed by atoms with E-state index in [2.05, 4.69) is 35.9 Å². The van der Waals surface area contributed by atoms with Gasteiger partial charge in [0.25, 0.3) is 0 Å². The molecule has 0 aromatic carbocycles. The zero-order chi connectivity index (χ0) is 20.4. The number of nitrogens with one attached hydrogen (secondary N) is 2. The minimum atomic E-state index is -3.56. The van der Waals surface area contributed by atoms with Crippen LogP contribution in [0.2, 0.25) is 0 Å². The van der Waals surface area contributed by atoms with Crippen molar-refractivity contribution in [1.29, 1.82) is 0 Å². The highest BCUT2D eigenvalue weighted by atomic mass is 79.9. The number of hydrogen-bond acceptors (Lipinski definition) is 8. The van der Waals surface area contributed by atoms with Crippen LogP contribution in [-0.2, 0) is 23.2 Å². The molecular weight excluding hydrogens is 488 g/mol. The second-order valence-electron chi connectivity index (χ2n) is 6.52. The van der Waals surface area contributed by atoms with E-state index in [1.807, 2.05) is 6.92 Å². The summed E-state index contributed by atoms with van der Waals surface area (Å²) in [6, 6.07) is 0. The molecular formula is C16H23BrN4O4S3. The molecule has 0 spiro atoms. The van der Waals surface area contributed by atoms with Gasteiger partial charge in [0.2, 0.25) is 15.9 Å². The number of aromatic nitrogens is 1. The Kier molecular flexibility index (Phi) is 7.22. The number of nitrogens with zero attached hydrogens (tertiary/aromatic N) is 2. The van der Waals surface area contributed by atoms with Gasteiger partial charge in [-0.25, -0.2) is 18.1 Å². The largest absolute Gasteiger partial charge is 0.379 e. The molecule has 1 aromatic rings. The van der Waals surface area contributed by atoms with Crippen molar-refractivity contribution >= 4 is 60.1 Å². The van der Waals surface area contributed by atoms with Gasteiger partial charge in [-0.3, -0.25) is 9.69 Å².